The Morgan fingerprint density at radius 2 is 2.19 bits per heavy atom. The molecule has 0 fully saturated rings. The Labute approximate surface area is 109 Å². The van der Waals surface area contributed by atoms with Crippen molar-refractivity contribution >= 4 is 33.2 Å². The largest absolute Gasteiger partial charge is 0.301 e. The van der Waals surface area contributed by atoms with Crippen molar-refractivity contribution in [1.82, 2.24) is 9.38 Å². The van der Waals surface area contributed by atoms with Gasteiger partial charge in [0.05, 0.1) is 17.3 Å². The average molecular weight is 302 g/mol. The van der Waals surface area contributed by atoms with Crippen molar-refractivity contribution in [2.24, 2.45) is 0 Å². The summed E-state index contributed by atoms with van der Waals surface area (Å²) in [7, 11) is 0. The van der Waals surface area contributed by atoms with Gasteiger partial charge in [0.1, 0.15) is 5.65 Å². The first-order chi connectivity index (χ1) is 7.54. The van der Waals surface area contributed by atoms with Crippen LogP contribution in [-0.4, -0.2) is 9.38 Å². The summed E-state index contributed by atoms with van der Waals surface area (Å²) in [6.07, 6.45) is 2.04. The van der Waals surface area contributed by atoms with Crippen molar-refractivity contribution in [2.45, 2.75) is 32.6 Å². The second-order valence-electron chi connectivity index (χ2n) is 4.26. The molecule has 0 bridgehead atoms. The Hall–Kier alpha value is -0.540. The van der Waals surface area contributed by atoms with Crippen LogP contribution < -0.4 is 0 Å². The highest BCUT2D eigenvalue weighted by Crippen LogP contribution is 2.25. The van der Waals surface area contributed by atoms with E-state index in [4.69, 9.17) is 11.6 Å². The van der Waals surface area contributed by atoms with E-state index in [-0.39, 0.29) is 0 Å². The molecule has 16 heavy (non-hydrogen) atoms. The van der Waals surface area contributed by atoms with Gasteiger partial charge in [-0.25, -0.2) is 4.98 Å². The molecule has 2 aromatic heterocycles. The van der Waals surface area contributed by atoms with Crippen LogP contribution in [0.1, 0.15) is 36.7 Å². The predicted molar refractivity (Wildman–Crippen MR) is 71.3 cm³/mol. The molecule has 4 heteroatoms. The zero-order chi connectivity index (χ0) is 11.9. The van der Waals surface area contributed by atoms with Gasteiger partial charge in [0.2, 0.25) is 0 Å². The molecule has 0 radical (unpaired) electrons. The third-order valence-electron chi connectivity index (χ3n) is 2.71. The molecule has 86 valence electrons. The minimum absolute atomic E-state index is 0.396. The van der Waals surface area contributed by atoms with Crippen molar-refractivity contribution < 1.29 is 0 Å². The fourth-order valence-electron chi connectivity index (χ4n) is 1.82. The Bertz CT molecular complexity index is 531. The third-order valence-corrected chi connectivity index (χ3v) is 3.79. The maximum absolute atomic E-state index is 6.01. The summed E-state index contributed by atoms with van der Waals surface area (Å²) in [5.41, 5.74) is 4.34. The van der Waals surface area contributed by atoms with Crippen LogP contribution in [0.5, 0.6) is 0 Å². The molecule has 0 amide bonds. The van der Waals surface area contributed by atoms with Crippen molar-refractivity contribution in [3.63, 3.8) is 0 Å². The zero-order valence-electron chi connectivity index (χ0n) is 9.59. The fraction of sp³-hybridized carbons (Fsp3) is 0.417. The van der Waals surface area contributed by atoms with Crippen molar-refractivity contribution in [3.05, 3.63) is 33.7 Å². The lowest BCUT2D eigenvalue weighted by Gasteiger charge is -2.04. The van der Waals surface area contributed by atoms with E-state index in [0.29, 0.717) is 11.8 Å². The van der Waals surface area contributed by atoms with Gasteiger partial charge in [-0.3, -0.25) is 0 Å². The second-order valence-corrected chi connectivity index (χ2v) is 5.39. The number of hydrogen-bond acceptors (Lipinski definition) is 1. The van der Waals surface area contributed by atoms with Gasteiger partial charge in [-0.1, -0.05) is 13.8 Å². The van der Waals surface area contributed by atoms with Crippen LogP contribution in [0.15, 0.2) is 16.7 Å². The van der Waals surface area contributed by atoms with Gasteiger partial charge < -0.3 is 4.40 Å². The number of hydrogen-bond donors (Lipinski definition) is 0. The maximum Gasteiger partial charge on any atom is 0.137 e. The van der Waals surface area contributed by atoms with Crippen LogP contribution in [0, 0.1) is 6.92 Å². The Morgan fingerprint density at radius 1 is 1.50 bits per heavy atom. The number of pyridine rings is 1. The van der Waals surface area contributed by atoms with Crippen LogP contribution in [0.2, 0.25) is 0 Å². The summed E-state index contributed by atoms with van der Waals surface area (Å²) in [6.45, 7) is 6.34. The SMILES string of the molecule is Cc1cc2nc(C(C)C)c(CCl)n2cc1Br. The molecule has 0 saturated carbocycles. The lowest BCUT2D eigenvalue weighted by atomic mass is 10.1. The highest BCUT2D eigenvalue weighted by molar-refractivity contribution is 9.10. The van der Waals surface area contributed by atoms with E-state index in [1.54, 1.807) is 0 Å². The van der Waals surface area contributed by atoms with E-state index >= 15 is 0 Å². The van der Waals surface area contributed by atoms with Gasteiger partial charge in [0.25, 0.3) is 0 Å². The zero-order valence-corrected chi connectivity index (χ0v) is 11.9. The van der Waals surface area contributed by atoms with Gasteiger partial charge in [-0.05, 0) is 40.4 Å². The smallest absolute Gasteiger partial charge is 0.137 e. The van der Waals surface area contributed by atoms with Gasteiger partial charge in [0.15, 0.2) is 0 Å². The summed E-state index contributed by atoms with van der Waals surface area (Å²) in [5, 5.41) is 0. The summed E-state index contributed by atoms with van der Waals surface area (Å²) < 4.78 is 3.15. The van der Waals surface area contributed by atoms with Crippen LogP contribution >= 0.6 is 27.5 Å². The minimum Gasteiger partial charge on any atom is -0.301 e. The highest BCUT2D eigenvalue weighted by Gasteiger charge is 2.14. The Morgan fingerprint density at radius 3 is 2.75 bits per heavy atom. The monoisotopic (exact) mass is 300 g/mol. The van der Waals surface area contributed by atoms with E-state index < -0.39 is 0 Å². The normalized spacial score (nSPS) is 11.6. The number of halogens is 2. The summed E-state index contributed by atoms with van der Waals surface area (Å²) in [5.74, 6) is 0.886. The lowest BCUT2D eigenvalue weighted by Crippen LogP contribution is -1.96. The molecule has 0 aliphatic rings. The summed E-state index contributed by atoms with van der Waals surface area (Å²) in [4.78, 5) is 4.64. The first kappa shape index (κ1) is 11.9. The number of fused-ring (bicyclic) bond motifs is 1. The van der Waals surface area contributed by atoms with E-state index in [1.807, 2.05) is 6.20 Å². The van der Waals surface area contributed by atoms with Crippen LogP contribution in [0.25, 0.3) is 5.65 Å². The molecule has 2 aromatic rings. The van der Waals surface area contributed by atoms with E-state index in [1.165, 1.54) is 5.56 Å². The molecular formula is C12H14BrClN2. The van der Waals surface area contributed by atoms with E-state index in [2.05, 4.69) is 52.2 Å². The van der Waals surface area contributed by atoms with Gasteiger partial charge in [-0.15, -0.1) is 11.6 Å². The molecule has 2 heterocycles. The van der Waals surface area contributed by atoms with E-state index in [9.17, 15) is 0 Å². The lowest BCUT2D eigenvalue weighted by molar-refractivity contribution is 0.818. The number of imidazole rings is 1. The van der Waals surface area contributed by atoms with Gasteiger partial charge in [0, 0.05) is 10.7 Å². The first-order valence-corrected chi connectivity index (χ1v) is 6.60. The van der Waals surface area contributed by atoms with Crippen molar-refractivity contribution in [1.29, 1.82) is 0 Å². The number of alkyl halides is 1. The van der Waals surface area contributed by atoms with Crippen molar-refractivity contribution in [2.75, 3.05) is 0 Å². The molecule has 0 aliphatic heterocycles. The molecule has 0 aromatic carbocycles. The predicted octanol–water partition coefficient (Wildman–Crippen LogP) is 4.27. The molecule has 0 N–H and O–H groups in total. The molecular weight excluding hydrogens is 288 g/mol. The first-order valence-electron chi connectivity index (χ1n) is 5.27. The Kier molecular flexibility index (Phi) is 3.27. The van der Waals surface area contributed by atoms with Crippen LogP contribution in [-0.2, 0) is 5.88 Å². The molecule has 0 aliphatic carbocycles. The van der Waals surface area contributed by atoms with Crippen LogP contribution in [0.3, 0.4) is 0 Å². The number of rotatable bonds is 2. The third kappa shape index (κ3) is 1.87. The molecule has 0 spiro atoms. The van der Waals surface area contributed by atoms with Gasteiger partial charge in [-0.2, -0.15) is 0 Å². The summed E-state index contributed by atoms with van der Waals surface area (Å²) in [6, 6.07) is 2.08. The molecule has 2 rings (SSSR count). The van der Waals surface area contributed by atoms with Gasteiger partial charge >= 0.3 is 0 Å². The number of aromatic nitrogens is 2. The Balaban J connectivity index is 2.77. The van der Waals surface area contributed by atoms with Crippen molar-refractivity contribution in [3.8, 4) is 0 Å². The maximum atomic E-state index is 6.01. The standard InChI is InChI=1S/C12H14BrClN2/c1-7(2)12-10(5-14)16-6-9(13)8(3)4-11(16)15-12/h4,6-7H,5H2,1-3H3. The van der Waals surface area contributed by atoms with E-state index in [0.717, 1.165) is 21.5 Å². The number of aryl methyl sites for hydroxylation is 1. The van der Waals surface area contributed by atoms with Crippen LogP contribution in [0.4, 0.5) is 0 Å². The molecule has 0 atom stereocenters. The quantitative estimate of drug-likeness (QED) is 0.757. The molecule has 0 saturated heterocycles. The average Bonchev–Trinajstić information content (AvgIpc) is 2.57. The fourth-order valence-corrected chi connectivity index (χ4v) is 2.41. The summed E-state index contributed by atoms with van der Waals surface area (Å²) >= 11 is 9.55. The highest BCUT2D eigenvalue weighted by atomic mass is 79.9. The molecule has 2 nitrogen and oxygen atoms in total. The second kappa shape index (κ2) is 4.38. The molecule has 0 unspecified atom stereocenters. The topological polar surface area (TPSA) is 17.3 Å². The number of nitrogens with zero attached hydrogens (tertiary/aromatic N) is 2. The minimum atomic E-state index is 0.396.